The van der Waals surface area contributed by atoms with Crippen LogP contribution in [0, 0.1) is 5.92 Å². The molecule has 2 saturated heterocycles. The fourth-order valence-electron chi connectivity index (χ4n) is 4.08. The normalized spacial score (nSPS) is 24.2. The Morgan fingerprint density at radius 1 is 1.12 bits per heavy atom. The molecule has 2 unspecified atom stereocenters. The number of rotatable bonds is 4. The Hall–Kier alpha value is -1.88. The fraction of sp³-hybridized carbons (Fsp3) is 0.619. The van der Waals surface area contributed by atoms with E-state index in [9.17, 15) is 9.59 Å². The van der Waals surface area contributed by atoms with E-state index in [-0.39, 0.29) is 23.3 Å². The van der Waals surface area contributed by atoms with Gasteiger partial charge in [0.05, 0.1) is 18.5 Å². The summed E-state index contributed by atoms with van der Waals surface area (Å²) in [7, 11) is 0. The lowest BCUT2D eigenvalue weighted by atomic mass is 9.86. The summed E-state index contributed by atoms with van der Waals surface area (Å²) in [6, 6.07) is 8.82. The van der Waals surface area contributed by atoms with E-state index in [0.29, 0.717) is 26.1 Å². The third kappa shape index (κ3) is 4.09. The summed E-state index contributed by atoms with van der Waals surface area (Å²) < 4.78 is 0. The second-order valence-electron chi connectivity index (χ2n) is 8.68. The number of amides is 1. The van der Waals surface area contributed by atoms with Crippen LogP contribution < -0.4 is 0 Å². The van der Waals surface area contributed by atoms with E-state index in [1.807, 2.05) is 9.80 Å². The quantitative estimate of drug-likeness (QED) is 0.899. The van der Waals surface area contributed by atoms with Crippen LogP contribution in [0.5, 0.6) is 0 Å². The Labute approximate surface area is 156 Å². The molecule has 2 heterocycles. The first-order valence-corrected chi connectivity index (χ1v) is 9.61. The first-order chi connectivity index (χ1) is 12.3. The minimum atomic E-state index is -0.752. The highest BCUT2D eigenvalue weighted by Gasteiger charge is 2.34. The number of carbonyl (C=O) groups excluding carboxylic acids is 1. The molecule has 1 N–H and O–H groups in total. The minimum absolute atomic E-state index is 0.124. The molecule has 1 aromatic carbocycles. The molecule has 1 amide bonds. The Bertz CT molecular complexity index is 663. The van der Waals surface area contributed by atoms with Gasteiger partial charge in [0.1, 0.15) is 0 Å². The molecule has 0 spiro atoms. The number of carboxylic acid groups (broad SMARTS) is 1. The maximum atomic E-state index is 12.8. The minimum Gasteiger partial charge on any atom is -0.481 e. The number of benzene rings is 1. The monoisotopic (exact) mass is 358 g/mol. The van der Waals surface area contributed by atoms with E-state index in [1.165, 1.54) is 11.1 Å². The average molecular weight is 358 g/mol. The van der Waals surface area contributed by atoms with Gasteiger partial charge >= 0.3 is 5.97 Å². The van der Waals surface area contributed by atoms with Crippen LogP contribution in [-0.2, 0) is 15.0 Å². The van der Waals surface area contributed by atoms with Crippen molar-refractivity contribution in [2.45, 2.75) is 51.5 Å². The lowest BCUT2D eigenvalue weighted by Gasteiger charge is -2.28. The number of aliphatic carboxylic acids is 1. The average Bonchev–Trinajstić information content (AvgIpc) is 3.23. The summed E-state index contributed by atoms with van der Waals surface area (Å²) in [6.45, 7) is 8.91. The van der Waals surface area contributed by atoms with Gasteiger partial charge in [-0.2, -0.15) is 0 Å². The van der Waals surface area contributed by atoms with E-state index in [1.54, 1.807) is 0 Å². The molecule has 0 saturated carbocycles. The number of nitrogens with zero attached hydrogens (tertiary/aromatic N) is 2. The first-order valence-electron chi connectivity index (χ1n) is 9.61. The Kier molecular flexibility index (Phi) is 5.37. The summed E-state index contributed by atoms with van der Waals surface area (Å²) >= 11 is 0. The van der Waals surface area contributed by atoms with Gasteiger partial charge in [-0.3, -0.25) is 14.5 Å². The van der Waals surface area contributed by atoms with E-state index >= 15 is 0 Å². The fourth-order valence-corrected chi connectivity index (χ4v) is 4.08. The van der Waals surface area contributed by atoms with Crippen LogP contribution in [0.1, 0.15) is 57.2 Å². The van der Waals surface area contributed by atoms with Crippen molar-refractivity contribution >= 4 is 11.9 Å². The van der Waals surface area contributed by atoms with Crippen molar-refractivity contribution in [3.05, 3.63) is 35.4 Å². The Morgan fingerprint density at radius 2 is 1.81 bits per heavy atom. The zero-order valence-corrected chi connectivity index (χ0v) is 16.1. The molecule has 0 aliphatic carbocycles. The Morgan fingerprint density at radius 3 is 2.38 bits per heavy atom. The van der Waals surface area contributed by atoms with Gasteiger partial charge in [0.25, 0.3) is 0 Å². The van der Waals surface area contributed by atoms with Gasteiger partial charge in [-0.25, -0.2) is 0 Å². The molecule has 142 valence electrons. The highest BCUT2D eigenvalue weighted by Crippen LogP contribution is 2.33. The maximum Gasteiger partial charge on any atom is 0.307 e. The number of carbonyl (C=O) groups is 2. The molecule has 3 rings (SSSR count). The number of carboxylic acids is 1. The molecule has 1 aromatic rings. The molecular weight excluding hydrogens is 328 g/mol. The van der Waals surface area contributed by atoms with Gasteiger partial charge in [-0.1, -0.05) is 45.0 Å². The third-order valence-electron chi connectivity index (χ3n) is 5.72. The zero-order valence-electron chi connectivity index (χ0n) is 16.1. The number of hydrogen-bond acceptors (Lipinski definition) is 3. The third-order valence-corrected chi connectivity index (χ3v) is 5.72. The van der Waals surface area contributed by atoms with Crippen LogP contribution in [0.15, 0.2) is 24.3 Å². The van der Waals surface area contributed by atoms with Gasteiger partial charge in [0.15, 0.2) is 0 Å². The molecule has 2 aliphatic rings. The maximum absolute atomic E-state index is 12.8. The van der Waals surface area contributed by atoms with Crippen LogP contribution in [0.3, 0.4) is 0 Å². The molecule has 5 heteroatoms. The van der Waals surface area contributed by atoms with E-state index < -0.39 is 5.97 Å². The van der Waals surface area contributed by atoms with Crippen molar-refractivity contribution in [1.29, 1.82) is 0 Å². The SMILES string of the molecule is CC(C)(C)c1ccc(C2CCCN2C(=O)CN2CCC(C(=O)O)C2)cc1. The van der Waals surface area contributed by atoms with Crippen LogP contribution in [0.2, 0.25) is 0 Å². The van der Waals surface area contributed by atoms with Gasteiger partial charge in [-0.05, 0) is 42.3 Å². The molecule has 0 aromatic heterocycles. The highest BCUT2D eigenvalue weighted by molar-refractivity contribution is 5.79. The zero-order chi connectivity index (χ0) is 18.9. The topological polar surface area (TPSA) is 60.9 Å². The summed E-state index contributed by atoms with van der Waals surface area (Å²) in [5, 5.41) is 9.12. The summed E-state index contributed by atoms with van der Waals surface area (Å²) in [4.78, 5) is 27.9. The van der Waals surface area contributed by atoms with Gasteiger partial charge in [-0.15, -0.1) is 0 Å². The summed E-state index contributed by atoms with van der Waals surface area (Å²) in [5.74, 6) is -0.960. The van der Waals surface area contributed by atoms with Crippen molar-refractivity contribution < 1.29 is 14.7 Å². The summed E-state index contributed by atoms with van der Waals surface area (Å²) in [6.07, 6.45) is 2.66. The standard InChI is InChI=1S/C21H30N2O3/c1-21(2,3)17-8-6-15(7-9-17)18-5-4-11-23(18)19(24)14-22-12-10-16(13-22)20(25)26/h6-9,16,18H,4-5,10-14H2,1-3H3,(H,25,26). The van der Waals surface area contributed by atoms with Crippen LogP contribution in [-0.4, -0.2) is 53.0 Å². The largest absolute Gasteiger partial charge is 0.481 e. The van der Waals surface area contributed by atoms with Crippen molar-refractivity contribution in [1.82, 2.24) is 9.80 Å². The molecular formula is C21H30N2O3. The van der Waals surface area contributed by atoms with E-state index in [4.69, 9.17) is 5.11 Å². The molecule has 0 bridgehead atoms. The second kappa shape index (κ2) is 7.39. The number of hydrogen-bond donors (Lipinski definition) is 1. The lowest BCUT2D eigenvalue weighted by Crippen LogP contribution is -2.39. The van der Waals surface area contributed by atoms with Crippen molar-refractivity contribution in [3.8, 4) is 0 Å². The highest BCUT2D eigenvalue weighted by atomic mass is 16.4. The van der Waals surface area contributed by atoms with Crippen LogP contribution >= 0.6 is 0 Å². The van der Waals surface area contributed by atoms with Gasteiger partial charge in [0.2, 0.25) is 5.91 Å². The van der Waals surface area contributed by atoms with Crippen molar-refractivity contribution in [2.24, 2.45) is 5.92 Å². The Balaban J connectivity index is 1.64. The molecule has 2 fully saturated rings. The molecule has 0 radical (unpaired) electrons. The van der Waals surface area contributed by atoms with Crippen LogP contribution in [0.4, 0.5) is 0 Å². The molecule has 26 heavy (non-hydrogen) atoms. The first kappa shape index (κ1) is 18.9. The van der Waals surface area contributed by atoms with Gasteiger partial charge in [0, 0.05) is 13.1 Å². The lowest BCUT2D eigenvalue weighted by molar-refractivity contribution is -0.141. The second-order valence-corrected chi connectivity index (χ2v) is 8.68. The predicted molar refractivity (Wildman–Crippen MR) is 101 cm³/mol. The van der Waals surface area contributed by atoms with Crippen molar-refractivity contribution in [3.63, 3.8) is 0 Å². The van der Waals surface area contributed by atoms with Crippen LogP contribution in [0.25, 0.3) is 0 Å². The van der Waals surface area contributed by atoms with Gasteiger partial charge < -0.3 is 10.0 Å². The predicted octanol–water partition coefficient (Wildman–Crippen LogP) is 3.05. The number of likely N-dealkylation sites (tertiary alicyclic amines) is 2. The summed E-state index contributed by atoms with van der Waals surface area (Å²) in [5.41, 5.74) is 2.63. The smallest absolute Gasteiger partial charge is 0.307 e. The van der Waals surface area contributed by atoms with E-state index in [0.717, 1.165) is 19.4 Å². The molecule has 2 atom stereocenters. The van der Waals surface area contributed by atoms with E-state index in [2.05, 4.69) is 45.0 Å². The molecule has 5 nitrogen and oxygen atoms in total. The molecule has 2 aliphatic heterocycles. The van der Waals surface area contributed by atoms with Crippen molar-refractivity contribution in [2.75, 3.05) is 26.2 Å².